The van der Waals surface area contributed by atoms with Crippen molar-refractivity contribution in [1.29, 1.82) is 0 Å². The number of hydrogen-bond donors (Lipinski definition) is 3. The highest BCUT2D eigenvalue weighted by Crippen LogP contribution is 2.71. The number of carboxylic acids is 1. The van der Waals surface area contributed by atoms with Gasteiger partial charge in [0.2, 0.25) is 0 Å². The Balaban J connectivity index is 1.19. The highest BCUT2D eigenvalue weighted by molar-refractivity contribution is 5.85. The molecule has 0 amide bonds. The van der Waals surface area contributed by atoms with Crippen molar-refractivity contribution in [2.24, 2.45) is 40.4 Å². The second kappa shape index (κ2) is 10.6. The molecule has 2 aliphatic heterocycles. The molecule has 0 aromatic heterocycles. The molecule has 9 heteroatoms. The van der Waals surface area contributed by atoms with Gasteiger partial charge in [-0.25, -0.2) is 4.79 Å². The Kier molecular flexibility index (Phi) is 7.62. The normalized spacial score (nSPS) is 51.3. The first-order valence-electron chi connectivity index (χ1n) is 15.7. The average Bonchev–Trinajstić information content (AvgIpc) is 3.42. The Morgan fingerprint density at radius 1 is 1.12 bits per heavy atom. The second-order valence-electron chi connectivity index (χ2n) is 14.5. The van der Waals surface area contributed by atoms with E-state index in [-0.39, 0.29) is 66.8 Å². The molecule has 4 saturated carbocycles. The van der Waals surface area contributed by atoms with Crippen molar-refractivity contribution in [3.05, 3.63) is 11.6 Å². The van der Waals surface area contributed by atoms with E-state index >= 15 is 0 Å². The van der Waals surface area contributed by atoms with Crippen molar-refractivity contribution in [2.45, 2.75) is 121 Å². The standard InChI is InChI=1S/C32H48O9/c1-17-29(36)24(38-4)14-27(40-17)41-21-7-9-30(2)20(13-21)5-6-23-22(30)8-10-31(3)28(19-12-26(35)39-16-19)18(11-25(33)34)15-32(23,31)37/h12,17-18,20-24,27-29,36-37H,5-11,13-16H2,1-4H3,(H,33,34)/t17-,18+,20-,21-,22+,23-,24-,27+,28-,29-,30-,31+,32-/m0/s1. The van der Waals surface area contributed by atoms with Crippen LogP contribution in [0, 0.1) is 40.4 Å². The molecule has 13 atom stereocenters. The van der Waals surface area contributed by atoms with E-state index in [1.165, 1.54) is 0 Å². The van der Waals surface area contributed by atoms with Gasteiger partial charge in [-0.2, -0.15) is 0 Å². The van der Waals surface area contributed by atoms with E-state index in [0.717, 1.165) is 50.5 Å². The minimum atomic E-state index is -0.976. The molecule has 0 aromatic rings. The first-order chi connectivity index (χ1) is 19.4. The van der Waals surface area contributed by atoms with Gasteiger partial charge in [0.1, 0.15) is 12.7 Å². The summed E-state index contributed by atoms with van der Waals surface area (Å²) in [7, 11) is 1.62. The quantitative estimate of drug-likeness (QED) is 0.319. The first-order valence-corrected chi connectivity index (χ1v) is 15.7. The second-order valence-corrected chi connectivity index (χ2v) is 14.5. The number of aliphatic carboxylic acids is 1. The van der Waals surface area contributed by atoms with Gasteiger partial charge in [-0.3, -0.25) is 4.79 Å². The van der Waals surface area contributed by atoms with Gasteiger partial charge in [-0.1, -0.05) is 13.8 Å². The number of aliphatic hydroxyl groups is 2. The molecule has 41 heavy (non-hydrogen) atoms. The number of hydrogen-bond acceptors (Lipinski definition) is 8. The van der Waals surface area contributed by atoms with E-state index in [9.17, 15) is 24.9 Å². The van der Waals surface area contributed by atoms with Crippen LogP contribution in [0.2, 0.25) is 0 Å². The maximum absolute atomic E-state index is 12.7. The number of carboxylic acid groups (broad SMARTS) is 1. The molecule has 0 unspecified atom stereocenters. The summed E-state index contributed by atoms with van der Waals surface area (Å²) in [6, 6.07) is 0. The number of rotatable bonds is 6. The van der Waals surface area contributed by atoms with E-state index in [1.54, 1.807) is 13.2 Å². The molecule has 0 aromatic carbocycles. The van der Waals surface area contributed by atoms with E-state index in [0.29, 0.717) is 24.7 Å². The molecule has 0 spiro atoms. The van der Waals surface area contributed by atoms with E-state index < -0.39 is 23.1 Å². The topological polar surface area (TPSA) is 132 Å². The third-order valence-electron chi connectivity index (χ3n) is 12.8. The van der Waals surface area contributed by atoms with Gasteiger partial charge < -0.3 is 34.3 Å². The van der Waals surface area contributed by atoms with Crippen LogP contribution in [0.1, 0.15) is 85.0 Å². The number of carbonyl (C=O) groups is 2. The average molecular weight is 577 g/mol. The molecule has 0 bridgehead atoms. The van der Waals surface area contributed by atoms with Crippen LogP contribution in [0.15, 0.2) is 11.6 Å². The van der Waals surface area contributed by atoms with Crippen molar-refractivity contribution in [2.75, 3.05) is 13.7 Å². The van der Waals surface area contributed by atoms with Gasteiger partial charge in [-0.05, 0) is 98.9 Å². The summed E-state index contributed by atoms with van der Waals surface area (Å²) in [6.45, 7) is 6.62. The molecule has 0 radical (unpaired) electrons. The summed E-state index contributed by atoms with van der Waals surface area (Å²) in [5.74, 6) is -0.663. The number of ether oxygens (including phenoxy) is 4. The first kappa shape index (κ1) is 29.5. The Morgan fingerprint density at radius 3 is 2.59 bits per heavy atom. The zero-order chi connectivity index (χ0) is 29.3. The van der Waals surface area contributed by atoms with E-state index in [4.69, 9.17) is 18.9 Å². The van der Waals surface area contributed by atoms with Crippen LogP contribution in [0.4, 0.5) is 0 Å². The third kappa shape index (κ3) is 4.69. The molecule has 1 saturated heterocycles. The van der Waals surface area contributed by atoms with Gasteiger partial charge in [0.05, 0.1) is 23.9 Å². The lowest BCUT2D eigenvalue weighted by molar-refractivity contribution is -0.273. The number of cyclic esters (lactones) is 1. The number of aliphatic hydroxyl groups excluding tert-OH is 1. The summed E-state index contributed by atoms with van der Waals surface area (Å²) in [5, 5.41) is 32.8. The minimum absolute atomic E-state index is 0.00674. The van der Waals surface area contributed by atoms with Crippen molar-refractivity contribution in [3.63, 3.8) is 0 Å². The lowest BCUT2D eigenvalue weighted by atomic mass is 9.43. The minimum Gasteiger partial charge on any atom is -0.481 e. The fourth-order valence-corrected chi connectivity index (χ4v) is 10.8. The Morgan fingerprint density at radius 2 is 1.90 bits per heavy atom. The maximum atomic E-state index is 12.7. The zero-order valence-electron chi connectivity index (χ0n) is 24.9. The van der Waals surface area contributed by atoms with Gasteiger partial charge in [-0.15, -0.1) is 0 Å². The van der Waals surface area contributed by atoms with Crippen LogP contribution in [-0.2, 0) is 28.5 Å². The molecular weight excluding hydrogens is 528 g/mol. The highest BCUT2D eigenvalue weighted by Gasteiger charge is 2.70. The largest absolute Gasteiger partial charge is 0.481 e. The Hall–Kier alpha value is -1.52. The van der Waals surface area contributed by atoms with Crippen molar-refractivity contribution < 1.29 is 43.9 Å². The van der Waals surface area contributed by atoms with Crippen LogP contribution in [0.3, 0.4) is 0 Å². The number of methoxy groups -OCH3 is 1. The van der Waals surface area contributed by atoms with E-state index in [2.05, 4.69) is 13.8 Å². The van der Waals surface area contributed by atoms with Crippen LogP contribution >= 0.6 is 0 Å². The van der Waals surface area contributed by atoms with E-state index in [1.807, 2.05) is 6.92 Å². The van der Waals surface area contributed by atoms with Gasteiger partial charge >= 0.3 is 11.9 Å². The lowest BCUT2D eigenvalue weighted by Crippen LogP contribution is -2.62. The highest BCUT2D eigenvalue weighted by atomic mass is 16.7. The summed E-state index contributed by atoms with van der Waals surface area (Å²) in [4.78, 5) is 23.9. The third-order valence-corrected chi connectivity index (χ3v) is 12.8. The smallest absolute Gasteiger partial charge is 0.331 e. The predicted molar refractivity (Wildman–Crippen MR) is 147 cm³/mol. The predicted octanol–water partition coefficient (Wildman–Crippen LogP) is 3.84. The SMILES string of the molecule is CO[C@H]1C[C@@H](O[C@H]2CC[C@@]3(C)[C@@H](CC[C@H]4[C@H]3CC[C@]3(C)[C@H](C5=CC(=O)OC5)[C@H](CC(=O)O)C[C@]43O)C2)O[C@@H](C)[C@@H]1O. The summed E-state index contributed by atoms with van der Waals surface area (Å²) in [5.41, 5.74) is -0.526. The van der Waals surface area contributed by atoms with Crippen molar-refractivity contribution >= 4 is 11.9 Å². The number of carbonyl (C=O) groups excluding carboxylic acids is 1. The van der Waals surface area contributed by atoms with Gasteiger partial charge in [0.25, 0.3) is 0 Å². The molecule has 3 N–H and O–H groups in total. The Labute approximate surface area is 242 Å². The summed E-state index contributed by atoms with van der Waals surface area (Å²) < 4.78 is 23.2. The van der Waals surface area contributed by atoms with Crippen molar-refractivity contribution in [1.82, 2.24) is 0 Å². The lowest BCUT2D eigenvalue weighted by Gasteiger charge is -2.63. The Bertz CT molecular complexity index is 1080. The fraction of sp³-hybridized carbons (Fsp3) is 0.875. The number of esters is 1. The van der Waals surface area contributed by atoms with Crippen LogP contribution in [0.5, 0.6) is 0 Å². The molecule has 5 fully saturated rings. The number of fused-ring (bicyclic) bond motifs is 5. The zero-order valence-corrected chi connectivity index (χ0v) is 24.9. The molecule has 4 aliphatic carbocycles. The van der Waals surface area contributed by atoms with Gasteiger partial charge in [0, 0.05) is 31.4 Å². The summed E-state index contributed by atoms with van der Waals surface area (Å²) in [6.07, 6.45) is 7.57. The van der Waals surface area contributed by atoms with Gasteiger partial charge in [0.15, 0.2) is 6.29 Å². The molecule has 6 aliphatic rings. The van der Waals surface area contributed by atoms with Crippen molar-refractivity contribution in [3.8, 4) is 0 Å². The van der Waals surface area contributed by atoms with Crippen LogP contribution < -0.4 is 0 Å². The summed E-state index contributed by atoms with van der Waals surface area (Å²) >= 11 is 0. The van der Waals surface area contributed by atoms with Crippen LogP contribution in [-0.4, -0.2) is 77.3 Å². The molecule has 6 rings (SSSR count). The monoisotopic (exact) mass is 576 g/mol. The van der Waals surface area contributed by atoms with Crippen LogP contribution in [0.25, 0.3) is 0 Å². The molecule has 2 heterocycles. The molecule has 230 valence electrons. The fourth-order valence-electron chi connectivity index (χ4n) is 10.8. The molecule has 9 nitrogen and oxygen atoms in total. The molecular formula is C32H48O9. The maximum Gasteiger partial charge on any atom is 0.331 e.